The number of hydrogen-bond acceptors (Lipinski definition) is 5. The van der Waals surface area contributed by atoms with Crippen LogP contribution in [-0.2, 0) is 0 Å². The van der Waals surface area contributed by atoms with E-state index >= 15 is 0 Å². The van der Waals surface area contributed by atoms with E-state index in [-0.39, 0.29) is 23.1 Å². The number of carbonyl (C=O) groups excluding carboxylic acids is 1. The van der Waals surface area contributed by atoms with Crippen LogP contribution in [0.25, 0.3) is 22.8 Å². The second kappa shape index (κ2) is 8.76. The lowest BCUT2D eigenvalue weighted by molar-refractivity contribution is -0.274. The lowest BCUT2D eigenvalue weighted by Gasteiger charge is -2.09. The number of rotatable bonds is 7. The predicted molar refractivity (Wildman–Crippen MR) is 99.1 cm³/mol. The van der Waals surface area contributed by atoms with Gasteiger partial charge in [0, 0.05) is 30.1 Å². The predicted octanol–water partition coefficient (Wildman–Crippen LogP) is 4.83. The zero-order chi connectivity index (χ0) is 20.9. The molecule has 0 unspecified atom stereocenters. The van der Waals surface area contributed by atoms with Gasteiger partial charge in [-0.05, 0) is 42.8 Å². The van der Waals surface area contributed by atoms with Crippen LogP contribution in [0.5, 0.6) is 5.75 Å². The molecule has 3 rings (SSSR count). The van der Waals surface area contributed by atoms with Gasteiger partial charge in [0.2, 0.25) is 5.89 Å². The van der Waals surface area contributed by atoms with Crippen LogP contribution in [-0.4, -0.2) is 28.8 Å². The highest BCUT2D eigenvalue weighted by Crippen LogP contribution is 2.32. The molecule has 1 aromatic carbocycles. The minimum Gasteiger partial charge on any atom is -0.435 e. The van der Waals surface area contributed by atoms with Gasteiger partial charge in [-0.25, -0.2) is 4.98 Å². The summed E-state index contributed by atoms with van der Waals surface area (Å²) < 4.78 is 46.8. The molecule has 1 amide bonds. The summed E-state index contributed by atoms with van der Waals surface area (Å²) in [5.74, 6) is -0.430. The summed E-state index contributed by atoms with van der Waals surface area (Å²) in [6.45, 7) is 2.48. The summed E-state index contributed by atoms with van der Waals surface area (Å²) in [7, 11) is 0. The third-order valence-corrected chi connectivity index (χ3v) is 3.94. The van der Waals surface area contributed by atoms with Crippen LogP contribution in [0.3, 0.4) is 0 Å². The summed E-state index contributed by atoms with van der Waals surface area (Å²) in [5, 5.41) is 2.77. The molecule has 0 saturated heterocycles. The Labute approximate surface area is 164 Å². The smallest absolute Gasteiger partial charge is 0.435 e. The van der Waals surface area contributed by atoms with E-state index in [1.54, 1.807) is 24.5 Å². The van der Waals surface area contributed by atoms with Crippen LogP contribution in [0.15, 0.2) is 53.2 Å². The van der Waals surface area contributed by atoms with Crippen LogP contribution in [0.4, 0.5) is 13.2 Å². The summed E-state index contributed by atoms with van der Waals surface area (Å²) >= 11 is 0. The van der Waals surface area contributed by atoms with Crippen LogP contribution in [0.2, 0.25) is 0 Å². The Hall–Kier alpha value is -3.36. The van der Waals surface area contributed by atoms with Gasteiger partial charge in [-0.15, -0.1) is 13.2 Å². The number of aromatic nitrogens is 2. The summed E-state index contributed by atoms with van der Waals surface area (Å²) in [4.78, 5) is 20.8. The van der Waals surface area contributed by atoms with Gasteiger partial charge in [0.25, 0.3) is 5.91 Å². The van der Waals surface area contributed by atoms with Crippen molar-refractivity contribution in [3.05, 3.63) is 54.5 Å². The van der Waals surface area contributed by atoms with Crippen molar-refractivity contribution in [3.63, 3.8) is 0 Å². The topological polar surface area (TPSA) is 77.3 Å². The van der Waals surface area contributed by atoms with E-state index in [1.807, 2.05) is 6.92 Å². The molecule has 0 aliphatic rings. The Kier molecular flexibility index (Phi) is 6.16. The van der Waals surface area contributed by atoms with Crippen molar-refractivity contribution in [3.8, 4) is 28.5 Å². The SMILES string of the molecule is CCCCNC(=O)c1nc(-c2ccncc2)oc1-c1ccc(OC(F)(F)F)cc1. The lowest BCUT2D eigenvalue weighted by atomic mass is 10.1. The van der Waals surface area contributed by atoms with Crippen LogP contribution < -0.4 is 10.1 Å². The van der Waals surface area contributed by atoms with E-state index in [9.17, 15) is 18.0 Å². The molecular formula is C20H18F3N3O3. The standard InChI is InChI=1S/C20H18F3N3O3/c1-2-3-10-25-18(27)16-17(28-19(26-16)14-8-11-24-12-9-14)13-4-6-15(7-5-13)29-20(21,22)23/h4-9,11-12H,2-3,10H2,1H3,(H,25,27). The molecule has 29 heavy (non-hydrogen) atoms. The summed E-state index contributed by atoms with van der Waals surface area (Å²) in [6, 6.07) is 8.40. The van der Waals surface area contributed by atoms with Crippen molar-refractivity contribution in [2.24, 2.45) is 0 Å². The van der Waals surface area contributed by atoms with Crippen molar-refractivity contribution in [2.75, 3.05) is 6.54 Å². The second-order valence-electron chi connectivity index (χ2n) is 6.11. The highest BCUT2D eigenvalue weighted by Gasteiger charge is 2.31. The molecule has 0 atom stereocenters. The molecule has 1 N–H and O–H groups in total. The summed E-state index contributed by atoms with van der Waals surface area (Å²) in [6.07, 6.45) is 0.0496. The van der Waals surface area contributed by atoms with Gasteiger partial charge in [0.05, 0.1) is 0 Å². The number of nitrogens with zero attached hydrogens (tertiary/aromatic N) is 2. The first-order chi connectivity index (χ1) is 13.9. The molecule has 2 aromatic heterocycles. The van der Waals surface area contributed by atoms with E-state index in [0.29, 0.717) is 17.7 Å². The highest BCUT2D eigenvalue weighted by molar-refractivity contribution is 5.98. The highest BCUT2D eigenvalue weighted by atomic mass is 19.4. The number of amides is 1. The average Bonchev–Trinajstić information content (AvgIpc) is 3.14. The van der Waals surface area contributed by atoms with Gasteiger partial charge < -0.3 is 14.5 Å². The first-order valence-corrected chi connectivity index (χ1v) is 8.93. The first kappa shape index (κ1) is 20.4. The molecule has 152 valence electrons. The fourth-order valence-electron chi connectivity index (χ4n) is 2.56. The molecule has 6 nitrogen and oxygen atoms in total. The zero-order valence-corrected chi connectivity index (χ0v) is 15.5. The second-order valence-corrected chi connectivity index (χ2v) is 6.11. The monoisotopic (exact) mass is 405 g/mol. The number of unbranched alkanes of at least 4 members (excludes halogenated alkanes) is 1. The molecule has 0 bridgehead atoms. The summed E-state index contributed by atoms with van der Waals surface area (Å²) in [5.41, 5.74) is 1.07. The molecule has 9 heteroatoms. The molecule has 0 radical (unpaired) electrons. The number of nitrogens with one attached hydrogen (secondary N) is 1. The number of halogens is 3. The maximum Gasteiger partial charge on any atom is 0.573 e. The molecule has 2 heterocycles. The van der Waals surface area contributed by atoms with Gasteiger partial charge >= 0.3 is 6.36 Å². The van der Waals surface area contributed by atoms with Crippen molar-refractivity contribution >= 4 is 5.91 Å². The quantitative estimate of drug-likeness (QED) is 0.570. The Morgan fingerprint density at radius 1 is 1.10 bits per heavy atom. The number of hydrogen-bond donors (Lipinski definition) is 1. The van der Waals surface area contributed by atoms with Crippen molar-refractivity contribution < 1.29 is 27.1 Å². The fraction of sp³-hybridized carbons (Fsp3) is 0.250. The molecule has 0 aliphatic carbocycles. The third kappa shape index (κ3) is 5.34. The fourth-order valence-corrected chi connectivity index (χ4v) is 2.56. The number of carbonyl (C=O) groups is 1. The van der Waals surface area contributed by atoms with E-state index in [2.05, 4.69) is 20.0 Å². The van der Waals surface area contributed by atoms with Crippen molar-refractivity contribution in [2.45, 2.75) is 26.1 Å². The number of pyridine rings is 1. The maximum absolute atomic E-state index is 12.6. The van der Waals surface area contributed by atoms with E-state index in [1.165, 1.54) is 12.1 Å². The van der Waals surface area contributed by atoms with E-state index in [4.69, 9.17) is 4.42 Å². The first-order valence-electron chi connectivity index (χ1n) is 8.93. The molecule has 3 aromatic rings. The van der Waals surface area contributed by atoms with E-state index < -0.39 is 12.3 Å². The van der Waals surface area contributed by atoms with Crippen LogP contribution in [0.1, 0.15) is 30.3 Å². The van der Waals surface area contributed by atoms with Gasteiger partial charge in [0.15, 0.2) is 11.5 Å². The van der Waals surface area contributed by atoms with Crippen molar-refractivity contribution in [1.29, 1.82) is 0 Å². The largest absolute Gasteiger partial charge is 0.573 e. The molecule has 0 spiro atoms. The van der Waals surface area contributed by atoms with Gasteiger partial charge in [-0.2, -0.15) is 0 Å². The van der Waals surface area contributed by atoms with Crippen molar-refractivity contribution in [1.82, 2.24) is 15.3 Å². The van der Waals surface area contributed by atoms with Crippen LogP contribution >= 0.6 is 0 Å². The maximum atomic E-state index is 12.6. The number of benzene rings is 1. The minimum absolute atomic E-state index is 0.0532. The zero-order valence-electron chi connectivity index (χ0n) is 15.5. The Balaban J connectivity index is 1.95. The molecule has 0 fully saturated rings. The third-order valence-electron chi connectivity index (χ3n) is 3.94. The molecule has 0 aliphatic heterocycles. The normalized spacial score (nSPS) is 11.3. The molecule has 0 saturated carbocycles. The van der Waals surface area contributed by atoms with Gasteiger partial charge in [-0.3, -0.25) is 9.78 Å². The van der Waals surface area contributed by atoms with Gasteiger partial charge in [0.1, 0.15) is 5.75 Å². The average molecular weight is 405 g/mol. The van der Waals surface area contributed by atoms with Crippen LogP contribution in [0, 0.1) is 0 Å². The number of alkyl halides is 3. The Morgan fingerprint density at radius 2 is 1.79 bits per heavy atom. The number of ether oxygens (including phenoxy) is 1. The number of oxazole rings is 1. The lowest BCUT2D eigenvalue weighted by Crippen LogP contribution is -2.25. The molecular weight excluding hydrogens is 387 g/mol. The Morgan fingerprint density at radius 3 is 2.41 bits per heavy atom. The Bertz CT molecular complexity index is 955. The van der Waals surface area contributed by atoms with E-state index in [0.717, 1.165) is 25.0 Å². The minimum atomic E-state index is -4.79. The van der Waals surface area contributed by atoms with Gasteiger partial charge in [-0.1, -0.05) is 13.3 Å².